The number of esters is 2. The Morgan fingerprint density at radius 1 is 0.855 bits per heavy atom. The highest BCUT2D eigenvalue weighted by molar-refractivity contribution is 7.13. The van der Waals surface area contributed by atoms with E-state index in [1.807, 2.05) is 48.5 Å². The lowest BCUT2D eigenvalue weighted by Crippen LogP contribution is -2.46. The number of aromatic amines is 1. The molecule has 2 aliphatic rings. The number of carbonyl (C=O) groups excluding carboxylic acids is 2. The summed E-state index contributed by atoms with van der Waals surface area (Å²) in [5, 5.41) is 4.27. The van der Waals surface area contributed by atoms with Crippen molar-refractivity contribution < 1.29 is 33.5 Å². The van der Waals surface area contributed by atoms with Crippen LogP contribution >= 0.6 is 34.5 Å². The number of H-pyrrole nitrogens is 1. The number of nitrogens with one attached hydrogen (secondary N) is 2. The van der Waals surface area contributed by atoms with Crippen LogP contribution in [0.1, 0.15) is 74.6 Å². The van der Waals surface area contributed by atoms with Crippen LogP contribution in [0.15, 0.2) is 103 Å². The van der Waals surface area contributed by atoms with Crippen molar-refractivity contribution in [2.24, 2.45) is 0 Å². The van der Waals surface area contributed by atoms with Crippen molar-refractivity contribution in [1.29, 1.82) is 0 Å². The minimum Gasteiger partial charge on any atom is -0.493 e. The van der Waals surface area contributed by atoms with Gasteiger partial charge in [-0.15, -0.1) is 11.3 Å². The van der Waals surface area contributed by atoms with Crippen molar-refractivity contribution >= 4 is 46.5 Å². The Balaban J connectivity index is 1.02. The first-order chi connectivity index (χ1) is 26.8. The first-order valence-corrected chi connectivity index (χ1v) is 20.0. The number of benzene rings is 3. The molecule has 286 valence electrons. The van der Waals surface area contributed by atoms with Gasteiger partial charge in [-0.05, 0) is 53.8 Å². The summed E-state index contributed by atoms with van der Waals surface area (Å²) in [7, 11) is 3.11. The van der Waals surface area contributed by atoms with Gasteiger partial charge in [0, 0.05) is 54.9 Å². The molecule has 7 rings (SSSR count). The third-order valence-electron chi connectivity index (χ3n) is 10.5. The van der Waals surface area contributed by atoms with E-state index in [0.29, 0.717) is 56.2 Å². The van der Waals surface area contributed by atoms with Crippen LogP contribution in [-0.4, -0.2) is 49.2 Å². The van der Waals surface area contributed by atoms with Crippen LogP contribution in [0.25, 0.3) is 0 Å². The maximum Gasteiger partial charge on any atom is 0.348 e. The van der Waals surface area contributed by atoms with Crippen LogP contribution in [0.5, 0.6) is 11.5 Å². The van der Waals surface area contributed by atoms with Crippen LogP contribution in [0, 0.1) is 0 Å². The molecule has 2 fully saturated rings. The molecule has 2 saturated heterocycles. The molecular formula is C43H44Cl2N3O6S+. The highest BCUT2D eigenvalue weighted by Crippen LogP contribution is 2.39. The van der Waals surface area contributed by atoms with Crippen molar-refractivity contribution in [3.63, 3.8) is 0 Å². The molecule has 2 bridgehead atoms. The SMILES string of the molecule is COc1ccc([C@H](Cc2c(Cl)c[nH+]cc2Cl)OC(=O)c2ccc(CNC(C(=O)OC3CC4CCC(C3)N4Cc3ccccc3)c3ccccc3)s2)cc1OC. The molecule has 0 amide bonds. The second-order valence-electron chi connectivity index (χ2n) is 13.9. The Bertz CT molecular complexity index is 2050. The predicted molar refractivity (Wildman–Crippen MR) is 213 cm³/mol. The molecule has 3 aromatic carbocycles. The van der Waals surface area contributed by atoms with Gasteiger partial charge < -0.3 is 18.9 Å². The Labute approximate surface area is 335 Å². The average molecular weight is 802 g/mol. The zero-order valence-corrected chi connectivity index (χ0v) is 33.0. The van der Waals surface area contributed by atoms with Crippen LogP contribution < -0.4 is 19.8 Å². The Morgan fingerprint density at radius 2 is 1.53 bits per heavy atom. The van der Waals surface area contributed by atoms with Gasteiger partial charge >= 0.3 is 11.9 Å². The first kappa shape index (κ1) is 38.8. The summed E-state index contributed by atoms with van der Waals surface area (Å²) in [6.07, 6.45) is 6.52. The maximum atomic E-state index is 13.9. The number of fused-ring (bicyclic) bond motifs is 2. The molecule has 3 unspecified atom stereocenters. The summed E-state index contributed by atoms with van der Waals surface area (Å²) in [4.78, 5) is 34.4. The summed E-state index contributed by atoms with van der Waals surface area (Å²) in [5.74, 6) is 0.248. The number of hydrogen-bond donors (Lipinski definition) is 1. The fourth-order valence-corrected chi connectivity index (χ4v) is 9.07. The van der Waals surface area contributed by atoms with E-state index in [0.717, 1.165) is 42.7 Å². The van der Waals surface area contributed by atoms with Gasteiger partial charge in [-0.2, -0.15) is 0 Å². The maximum absolute atomic E-state index is 13.9. The van der Waals surface area contributed by atoms with Crippen molar-refractivity contribution in [3.8, 4) is 11.5 Å². The molecular weight excluding hydrogens is 757 g/mol. The standard InChI is InChI=1S/C43H43Cl2N3O6S/c1-51-37-17-13-29(19-39(37)52-2)38(22-34-35(44)24-46-25-36(34)45)54-42(49)40-18-16-33(55-40)23-47-41(28-11-7-4-8-12-28)43(50)53-32-20-30-14-15-31(21-32)48(30)26-27-9-5-3-6-10-27/h3-13,16-19,24-25,30-32,38,41,47H,14-15,20-23,26H2,1-2H3/p+1/t30?,31?,32?,38-,41?/m0/s1. The number of aromatic nitrogens is 1. The average Bonchev–Trinajstić information content (AvgIpc) is 3.77. The molecule has 0 aliphatic carbocycles. The number of carbonyl (C=O) groups is 2. The topological polar surface area (TPSA) is 100 Å². The second-order valence-corrected chi connectivity index (χ2v) is 15.9. The van der Waals surface area contributed by atoms with E-state index in [2.05, 4.69) is 39.5 Å². The first-order valence-electron chi connectivity index (χ1n) is 18.4. The van der Waals surface area contributed by atoms with E-state index in [1.165, 1.54) is 16.9 Å². The molecule has 4 atom stereocenters. The number of thiophene rings is 1. The number of pyridine rings is 1. The van der Waals surface area contributed by atoms with Crippen LogP contribution in [0.2, 0.25) is 10.0 Å². The zero-order chi connectivity index (χ0) is 38.3. The van der Waals surface area contributed by atoms with E-state index >= 15 is 0 Å². The molecule has 9 nitrogen and oxygen atoms in total. The van der Waals surface area contributed by atoms with E-state index in [1.54, 1.807) is 44.8 Å². The molecule has 0 spiro atoms. The number of halogens is 2. The van der Waals surface area contributed by atoms with Crippen molar-refractivity contribution in [2.75, 3.05) is 14.2 Å². The molecule has 12 heteroatoms. The second kappa shape index (κ2) is 18.0. The molecule has 4 heterocycles. The Morgan fingerprint density at radius 3 is 2.20 bits per heavy atom. The third kappa shape index (κ3) is 9.34. The zero-order valence-electron chi connectivity index (χ0n) is 30.7. The lowest BCUT2D eigenvalue weighted by molar-refractivity contribution is -0.377. The quantitative estimate of drug-likeness (QED) is 0.105. The van der Waals surface area contributed by atoms with E-state index in [-0.39, 0.29) is 18.5 Å². The number of rotatable bonds is 15. The number of piperidine rings is 1. The summed E-state index contributed by atoms with van der Waals surface area (Å²) in [6, 6.07) is 29.3. The van der Waals surface area contributed by atoms with Crippen molar-refractivity contribution in [3.05, 3.63) is 145 Å². The fraction of sp³-hybridized carbons (Fsp3) is 0.326. The normalized spacial score (nSPS) is 19.0. The Kier molecular flexibility index (Phi) is 12.7. The van der Waals surface area contributed by atoms with Gasteiger partial charge in [0.05, 0.1) is 14.2 Å². The van der Waals surface area contributed by atoms with Crippen LogP contribution in [0.3, 0.4) is 0 Å². The molecule has 2 aliphatic heterocycles. The lowest BCUT2D eigenvalue weighted by atomic mass is 9.98. The van der Waals surface area contributed by atoms with Crippen molar-refractivity contribution in [1.82, 2.24) is 10.2 Å². The van der Waals surface area contributed by atoms with Gasteiger partial charge in [0.1, 0.15) is 33.2 Å². The van der Waals surface area contributed by atoms with Gasteiger partial charge in [0.15, 0.2) is 23.9 Å². The van der Waals surface area contributed by atoms with E-state index in [4.69, 9.17) is 42.1 Å². The highest BCUT2D eigenvalue weighted by Gasteiger charge is 2.42. The third-order valence-corrected chi connectivity index (χ3v) is 12.2. The summed E-state index contributed by atoms with van der Waals surface area (Å²) in [6.45, 7) is 1.27. The predicted octanol–water partition coefficient (Wildman–Crippen LogP) is 8.60. The molecule has 0 saturated carbocycles. The van der Waals surface area contributed by atoms with Gasteiger partial charge in [0.2, 0.25) is 0 Å². The van der Waals surface area contributed by atoms with Crippen LogP contribution in [-0.2, 0) is 33.8 Å². The molecule has 2 N–H and O–H groups in total. The van der Waals surface area contributed by atoms with Gasteiger partial charge in [0.25, 0.3) is 0 Å². The van der Waals surface area contributed by atoms with Crippen LogP contribution in [0.4, 0.5) is 0 Å². The summed E-state index contributed by atoms with van der Waals surface area (Å²) >= 11 is 14.3. The monoisotopic (exact) mass is 800 g/mol. The molecule has 55 heavy (non-hydrogen) atoms. The summed E-state index contributed by atoms with van der Waals surface area (Å²) in [5.41, 5.74) is 3.45. The van der Waals surface area contributed by atoms with Gasteiger partial charge in [-0.25, -0.2) is 14.6 Å². The smallest absolute Gasteiger partial charge is 0.348 e. The lowest BCUT2D eigenvalue weighted by Gasteiger charge is -2.39. The van der Waals surface area contributed by atoms with E-state index in [9.17, 15) is 9.59 Å². The molecule has 2 aromatic heterocycles. The highest BCUT2D eigenvalue weighted by atomic mass is 35.5. The number of methoxy groups -OCH3 is 2. The van der Waals surface area contributed by atoms with Crippen molar-refractivity contribution in [2.45, 2.75) is 75.5 Å². The molecule has 0 radical (unpaired) electrons. The summed E-state index contributed by atoms with van der Waals surface area (Å²) < 4.78 is 23.4. The fourth-order valence-electron chi connectivity index (χ4n) is 7.70. The molecule has 5 aromatic rings. The van der Waals surface area contributed by atoms with E-state index < -0.39 is 18.1 Å². The number of ether oxygens (including phenoxy) is 4. The van der Waals surface area contributed by atoms with Gasteiger partial charge in [-0.3, -0.25) is 10.2 Å². The van der Waals surface area contributed by atoms with Gasteiger partial charge in [-0.1, -0.05) is 89.9 Å². The Hall–Kier alpha value is -4.45. The minimum atomic E-state index is -0.744. The largest absolute Gasteiger partial charge is 0.493 e. The minimum absolute atomic E-state index is 0.134. The number of hydrogen-bond acceptors (Lipinski definition) is 9. The number of nitrogens with zero attached hydrogens (tertiary/aromatic N) is 1.